The Morgan fingerprint density at radius 3 is 2.50 bits per heavy atom. The number of rotatable bonds is 8. The van der Waals surface area contributed by atoms with Gasteiger partial charge in [0.25, 0.3) is 5.91 Å². The van der Waals surface area contributed by atoms with E-state index < -0.39 is 17.5 Å². The second-order valence-electron chi connectivity index (χ2n) is 7.89. The van der Waals surface area contributed by atoms with E-state index in [9.17, 15) is 14.4 Å². The lowest BCUT2D eigenvalue weighted by molar-refractivity contribution is 0.0732. The van der Waals surface area contributed by atoms with Crippen LogP contribution in [0.25, 0.3) is 11.0 Å². The first-order valence-electron chi connectivity index (χ1n) is 11.0. The summed E-state index contributed by atoms with van der Waals surface area (Å²) >= 11 is 3.35. The van der Waals surface area contributed by atoms with Crippen molar-refractivity contribution in [3.05, 3.63) is 56.4 Å². The van der Waals surface area contributed by atoms with Crippen LogP contribution in [0.2, 0.25) is 0 Å². The first-order valence-corrected chi connectivity index (χ1v) is 11.8. The monoisotopic (exact) mass is 561 g/mol. The molecule has 4 rings (SSSR count). The van der Waals surface area contributed by atoms with E-state index >= 15 is 0 Å². The van der Waals surface area contributed by atoms with Crippen LogP contribution in [0.4, 0.5) is 0 Å². The van der Waals surface area contributed by atoms with Gasteiger partial charge in [-0.3, -0.25) is 4.79 Å². The summed E-state index contributed by atoms with van der Waals surface area (Å²) in [5.41, 5.74) is -0.635. The zero-order valence-electron chi connectivity index (χ0n) is 19.8. The molecule has 11 heteroatoms. The first kappa shape index (κ1) is 25.5. The highest BCUT2D eigenvalue weighted by Crippen LogP contribution is 2.45. The summed E-state index contributed by atoms with van der Waals surface area (Å²) in [4.78, 5) is 37.9. The molecule has 1 N–H and O–H groups in total. The van der Waals surface area contributed by atoms with Crippen molar-refractivity contribution in [2.24, 2.45) is 0 Å². The van der Waals surface area contributed by atoms with E-state index in [1.807, 2.05) is 0 Å². The van der Waals surface area contributed by atoms with E-state index in [1.165, 1.54) is 45.6 Å². The van der Waals surface area contributed by atoms with Crippen LogP contribution in [-0.2, 0) is 4.74 Å². The van der Waals surface area contributed by atoms with Gasteiger partial charge >= 0.3 is 11.6 Å². The minimum absolute atomic E-state index is 0.0515. The summed E-state index contributed by atoms with van der Waals surface area (Å²) in [6.45, 7) is 0.990. The highest BCUT2D eigenvalue weighted by atomic mass is 79.9. The van der Waals surface area contributed by atoms with Gasteiger partial charge in [0.2, 0.25) is 5.75 Å². The fraction of sp³-hybridized carbons (Fsp3) is 0.320. The lowest BCUT2D eigenvalue weighted by Gasteiger charge is -2.16. The van der Waals surface area contributed by atoms with Crippen molar-refractivity contribution in [2.45, 2.75) is 18.9 Å². The molecule has 10 nitrogen and oxygen atoms in total. The van der Waals surface area contributed by atoms with Crippen molar-refractivity contribution in [3.8, 4) is 23.0 Å². The molecule has 190 valence electrons. The average Bonchev–Trinajstić information content (AvgIpc) is 3.40. The Morgan fingerprint density at radius 2 is 1.83 bits per heavy atom. The van der Waals surface area contributed by atoms with E-state index in [-0.39, 0.29) is 40.1 Å². The van der Waals surface area contributed by atoms with E-state index in [4.69, 9.17) is 28.1 Å². The molecular formula is C25H24BrNO9. The Morgan fingerprint density at radius 1 is 1.06 bits per heavy atom. The fourth-order valence-electron chi connectivity index (χ4n) is 3.85. The van der Waals surface area contributed by atoms with Crippen molar-refractivity contribution in [2.75, 3.05) is 34.5 Å². The molecule has 1 aliphatic heterocycles. The number of benzene rings is 2. The maximum absolute atomic E-state index is 12.9. The second kappa shape index (κ2) is 11.0. The molecule has 3 aromatic rings. The molecule has 1 aromatic heterocycles. The lowest BCUT2D eigenvalue weighted by Crippen LogP contribution is -2.34. The number of methoxy groups -OCH3 is 3. The number of ether oxygens (including phenoxy) is 5. The second-order valence-corrected chi connectivity index (χ2v) is 8.68. The molecule has 1 saturated heterocycles. The highest BCUT2D eigenvalue weighted by molar-refractivity contribution is 9.10. The molecule has 0 bridgehead atoms. The SMILES string of the molecule is COc1cc(C(=O)Oc2ccc3cc(C(=O)NCC4CCCO4)c(=O)oc3c2)c(Br)c(OC)c1OC. The van der Waals surface area contributed by atoms with E-state index in [0.29, 0.717) is 28.8 Å². The van der Waals surface area contributed by atoms with Crippen LogP contribution in [-0.4, -0.2) is 52.5 Å². The predicted molar refractivity (Wildman–Crippen MR) is 133 cm³/mol. The first-order chi connectivity index (χ1) is 17.4. The van der Waals surface area contributed by atoms with E-state index in [1.54, 1.807) is 6.07 Å². The van der Waals surface area contributed by atoms with Crippen LogP contribution in [0.15, 0.2) is 44.0 Å². The number of carbonyl (C=O) groups excluding carboxylic acids is 2. The maximum atomic E-state index is 12.9. The quantitative estimate of drug-likeness (QED) is 0.249. The third kappa shape index (κ3) is 5.17. The van der Waals surface area contributed by atoms with Crippen molar-refractivity contribution < 1.29 is 37.7 Å². The number of esters is 1. The predicted octanol–water partition coefficient (Wildman–Crippen LogP) is 3.71. The number of amides is 1. The fourth-order valence-corrected chi connectivity index (χ4v) is 4.47. The molecule has 36 heavy (non-hydrogen) atoms. The molecule has 2 heterocycles. The summed E-state index contributed by atoms with van der Waals surface area (Å²) in [7, 11) is 4.31. The van der Waals surface area contributed by atoms with Gasteiger partial charge in [-0.05, 0) is 53.0 Å². The Bertz CT molecular complexity index is 1360. The van der Waals surface area contributed by atoms with Crippen molar-refractivity contribution >= 4 is 38.8 Å². The van der Waals surface area contributed by atoms with Gasteiger partial charge in [0.15, 0.2) is 11.5 Å². The van der Waals surface area contributed by atoms with Gasteiger partial charge in [-0.15, -0.1) is 0 Å². The minimum Gasteiger partial charge on any atom is -0.493 e. The van der Waals surface area contributed by atoms with Gasteiger partial charge in [-0.25, -0.2) is 9.59 Å². The van der Waals surface area contributed by atoms with Crippen LogP contribution in [0.3, 0.4) is 0 Å². The van der Waals surface area contributed by atoms with Crippen molar-refractivity contribution in [3.63, 3.8) is 0 Å². The number of nitrogens with one attached hydrogen (secondary N) is 1. The van der Waals surface area contributed by atoms with Gasteiger partial charge in [0.05, 0.1) is 37.5 Å². The molecule has 0 radical (unpaired) electrons. The van der Waals surface area contributed by atoms with Gasteiger partial charge in [-0.2, -0.15) is 0 Å². The third-order valence-corrected chi connectivity index (χ3v) is 6.45. The molecule has 0 aliphatic carbocycles. The van der Waals surface area contributed by atoms with Gasteiger partial charge in [0, 0.05) is 24.6 Å². The summed E-state index contributed by atoms with van der Waals surface area (Å²) < 4.78 is 32.6. The molecule has 1 fully saturated rings. The van der Waals surface area contributed by atoms with Crippen LogP contribution in [0.1, 0.15) is 33.6 Å². The molecule has 1 aliphatic rings. The Balaban J connectivity index is 1.56. The number of hydrogen-bond acceptors (Lipinski definition) is 9. The van der Waals surface area contributed by atoms with Gasteiger partial charge in [-0.1, -0.05) is 0 Å². The average molecular weight is 562 g/mol. The Labute approximate surface area is 214 Å². The topological polar surface area (TPSA) is 123 Å². The van der Waals surface area contributed by atoms with Crippen LogP contribution in [0.5, 0.6) is 23.0 Å². The molecule has 0 spiro atoms. The third-order valence-electron chi connectivity index (χ3n) is 5.67. The standard InChI is InChI=1S/C25H24BrNO9/c1-31-19-11-16(20(26)22(33-3)21(19)32-2)24(29)35-14-7-6-13-9-17(25(30)36-18(13)10-14)23(28)27-12-15-5-4-8-34-15/h6-7,9-11,15H,4-5,8,12H2,1-3H3,(H,27,28). The number of halogens is 1. The summed E-state index contributed by atoms with van der Waals surface area (Å²) in [6.07, 6.45) is 1.76. The Hall–Kier alpha value is -3.57. The lowest BCUT2D eigenvalue weighted by atomic mass is 10.1. The normalized spacial score (nSPS) is 14.9. The number of fused-ring (bicyclic) bond motifs is 1. The minimum atomic E-state index is -0.803. The zero-order valence-corrected chi connectivity index (χ0v) is 21.4. The summed E-state index contributed by atoms with van der Waals surface area (Å²) in [5, 5.41) is 3.20. The van der Waals surface area contributed by atoms with Crippen LogP contribution < -0.4 is 29.9 Å². The molecule has 0 saturated carbocycles. The Kier molecular flexibility index (Phi) is 7.80. The molecule has 1 atom stereocenters. The smallest absolute Gasteiger partial charge is 0.349 e. The number of hydrogen-bond donors (Lipinski definition) is 1. The summed E-state index contributed by atoms with van der Waals surface area (Å²) in [5.74, 6) is -0.270. The molecule has 2 aromatic carbocycles. The van der Waals surface area contributed by atoms with Crippen molar-refractivity contribution in [1.29, 1.82) is 0 Å². The molecular weight excluding hydrogens is 538 g/mol. The zero-order chi connectivity index (χ0) is 25.8. The molecule has 1 amide bonds. The van der Waals surface area contributed by atoms with Crippen molar-refractivity contribution in [1.82, 2.24) is 5.32 Å². The largest absolute Gasteiger partial charge is 0.493 e. The summed E-state index contributed by atoms with van der Waals surface area (Å²) in [6, 6.07) is 7.40. The van der Waals surface area contributed by atoms with Crippen LogP contribution in [0, 0.1) is 0 Å². The van der Waals surface area contributed by atoms with E-state index in [2.05, 4.69) is 21.2 Å². The maximum Gasteiger partial charge on any atom is 0.349 e. The van der Waals surface area contributed by atoms with Crippen LogP contribution >= 0.6 is 15.9 Å². The van der Waals surface area contributed by atoms with Gasteiger partial charge in [0.1, 0.15) is 16.9 Å². The highest BCUT2D eigenvalue weighted by Gasteiger charge is 2.24. The molecule has 1 unspecified atom stereocenters. The van der Waals surface area contributed by atoms with E-state index in [0.717, 1.165) is 12.8 Å². The van der Waals surface area contributed by atoms with Gasteiger partial charge < -0.3 is 33.4 Å². The number of carbonyl (C=O) groups is 2.